The summed E-state index contributed by atoms with van der Waals surface area (Å²) in [5.74, 6) is -0.601. The van der Waals surface area contributed by atoms with Crippen molar-refractivity contribution >= 4 is 15.9 Å². The Bertz CT molecular complexity index is 599. The van der Waals surface area contributed by atoms with Crippen LogP contribution in [0.3, 0.4) is 0 Å². The summed E-state index contributed by atoms with van der Waals surface area (Å²) < 4.78 is 27.7. The van der Waals surface area contributed by atoms with Gasteiger partial charge < -0.3 is 5.32 Å². The molecule has 0 aliphatic carbocycles. The topological polar surface area (TPSA) is 12.0 Å². The molecule has 0 aliphatic heterocycles. The maximum absolute atomic E-state index is 14.0. The van der Waals surface area contributed by atoms with Crippen molar-refractivity contribution in [1.29, 1.82) is 0 Å². The number of hydrogen-bond acceptors (Lipinski definition) is 1. The van der Waals surface area contributed by atoms with Crippen molar-refractivity contribution < 1.29 is 8.78 Å². The summed E-state index contributed by atoms with van der Waals surface area (Å²) in [6.07, 6.45) is 0. The summed E-state index contributed by atoms with van der Waals surface area (Å²) in [5, 5.41) is 3.07. The first kappa shape index (κ1) is 14.2. The normalized spacial score (nSPS) is 12.5. The van der Waals surface area contributed by atoms with Gasteiger partial charge in [-0.3, -0.25) is 0 Å². The molecule has 0 saturated heterocycles. The molecule has 0 saturated carbocycles. The van der Waals surface area contributed by atoms with Gasteiger partial charge in [-0.1, -0.05) is 39.7 Å². The van der Waals surface area contributed by atoms with E-state index in [0.29, 0.717) is 10.0 Å². The predicted molar refractivity (Wildman–Crippen MR) is 76.1 cm³/mol. The molecule has 2 rings (SSSR count). The van der Waals surface area contributed by atoms with Crippen molar-refractivity contribution in [3.63, 3.8) is 0 Å². The Morgan fingerprint density at radius 3 is 2.42 bits per heavy atom. The lowest BCUT2D eigenvalue weighted by Gasteiger charge is -2.20. The number of rotatable bonds is 3. The lowest BCUT2D eigenvalue weighted by molar-refractivity contribution is 0.573. The zero-order valence-electron chi connectivity index (χ0n) is 10.7. The minimum Gasteiger partial charge on any atom is -0.309 e. The van der Waals surface area contributed by atoms with Crippen LogP contribution in [0.1, 0.15) is 22.7 Å². The molecular formula is C15H14BrF2N. The minimum absolute atomic E-state index is 0.277. The van der Waals surface area contributed by atoms with Crippen LogP contribution in [0.5, 0.6) is 0 Å². The van der Waals surface area contributed by atoms with Gasteiger partial charge in [-0.2, -0.15) is 0 Å². The molecule has 1 atom stereocenters. The van der Waals surface area contributed by atoms with Gasteiger partial charge in [0.15, 0.2) is 0 Å². The van der Waals surface area contributed by atoms with E-state index in [1.165, 1.54) is 18.2 Å². The molecule has 0 radical (unpaired) electrons. The molecule has 0 heterocycles. The van der Waals surface area contributed by atoms with Crippen LogP contribution in [0.15, 0.2) is 40.9 Å². The Balaban J connectivity index is 2.52. The van der Waals surface area contributed by atoms with Gasteiger partial charge in [0, 0.05) is 10.0 Å². The largest absolute Gasteiger partial charge is 0.309 e. The molecule has 1 nitrogen and oxygen atoms in total. The zero-order valence-corrected chi connectivity index (χ0v) is 12.3. The van der Waals surface area contributed by atoms with Crippen molar-refractivity contribution in [3.8, 4) is 0 Å². The smallest absolute Gasteiger partial charge is 0.128 e. The van der Waals surface area contributed by atoms with Gasteiger partial charge in [-0.15, -0.1) is 0 Å². The van der Waals surface area contributed by atoms with Crippen molar-refractivity contribution in [2.24, 2.45) is 0 Å². The highest BCUT2D eigenvalue weighted by Crippen LogP contribution is 2.30. The molecule has 0 aliphatic rings. The van der Waals surface area contributed by atoms with E-state index in [-0.39, 0.29) is 17.7 Å². The van der Waals surface area contributed by atoms with Crippen LogP contribution in [-0.2, 0) is 0 Å². The Morgan fingerprint density at radius 1 is 1.05 bits per heavy atom. The highest BCUT2D eigenvalue weighted by atomic mass is 79.9. The molecule has 0 bridgehead atoms. The van der Waals surface area contributed by atoms with Crippen LogP contribution >= 0.6 is 15.9 Å². The van der Waals surface area contributed by atoms with Crippen molar-refractivity contribution in [2.75, 3.05) is 7.05 Å². The molecule has 19 heavy (non-hydrogen) atoms. The monoisotopic (exact) mass is 325 g/mol. The minimum atomic E-state index is -0.324. The van der Waals surface area contributed by atoms with E-state index in [0.717, 1.165) is 11.1 Å². The number of benzene rings is 2. The third kappa shape index (κ3) is 3.01. The number of nitrogens with one attached hydrogen (secondary N) is 1. The van der Waals surface area contributed by atoms with Crippen LogP contribution in [0.25, 0.3) is 0 Å². The lowest BCUT2D eigenvalue weighted by Crippen LogP contribution is -2.19. The first-order valence-electron chi connectivity index (χ1n) is 5.91. The fraction of sp³-hybridized carbons (Fsp3) is 0.200. The summed E-state index contributed by atoms with van der Waals surface area (Å²) in [6, 6.07) is 9.06. The molecule has 2 aromatic rings. The predicted octanol–water partition coefficient (Wildman–Crippen LogP) is 4.34. The highest BCUT2D eigenvalue weighted by molar-refractivity contribution is 9.10. The molecule has 1 unspecified atom stereocenters. The van der Waals surface area contributed by atoms with E-state index in [9.17, 15) is 8.78 Å². The molecular weight excluding hydrogens is 312 g/mol. The van der Waals surface area contributed by atoms with Gasteiger partial charge in [0.1, 0.15) is 11.6 Å². The fourth-order valence-corrected chi connectivity index (χ4v) is 2.68. The Kier molecular flexibility index (Phi) is 4.32. The van der Waals surface area contributed by atoms with Crippen LogP contribution in [0, 0.1) is 18.6 Å². The standard InChI is InChI=1S/C15H14BrF2N/c1-9-3-6-14(18)12(7-9)15(19-2)11-5-4-10(17)8-13(11)16/h3-8,15,19H,1-2H3. The van der Waals surface area contributed by atoms with E-state index < -0.39 is 0 Å². The first-order valence-corrected chi connectivity index (χ1v) is 6.70. The molecule has 2 aromatic carbocycles. The maximum Gasteiger partial charge on any atom is 0.128 e. The summed E-state index contributed by atoms with van der Waals surface area (Å²) in [7, 11) is 1.75. The van der Waals surface area contributed by atoms with Gasteiger partial charge in [0.05, 0.1) is 6.04 Å². The SMILES string of the molecule is CNC(c1cc(C)ccc1F)c1ccc(F)cc1Br. The van der Waals surface area contributed by atoms with Gasteiger partial charge in [0.2, 0.25) is 0 Å². The molecule has 4 heteroatoms. The van der Waals surface area contributed by atoms with Crippen LogP contribution in [0.4, 0.5) is 8.78 Å². The second-order valence-electron chi connectivity index (χ2n) is 4.41. The van der Waals surface area contributed by atoms with E-state index >= 15 is 0 Å². The second kappa shape index (κ2) is 5.80. The van der Waals surface area contributed by atoms with Gasteiger partial charge >= 0.3 is 0 Å². The molecule has 0 fully saturated rings. The average Bonchev–Trinajstić information content (AvgIpc) is 2.36. The number of aryl methyl sites for hydroxylation is 1. The second-order valence-corrected chi connectivity index (χ2v) is 5.27. The zero-order chi connectivity index (χ0) is 14.0. The summed E-state index contributed by atoms with van der Waals surface area (Å²) in [6.45, 7) is 1.91. The third-order valence-corrected chi connectivity index (χ3v) is 3.71. The van der Waals surface area contributed by atoms with Crippen molar-refractivity contribution in [3.05, 3.63) is 69.2 Å². The summed E-state index contributed by atoms with van der Waals surface area (Å²) in [5.41, 5.74) is 2.33. The van der Waals surface area contributed by atoms with Gasteiger partial charge in [-0.25, -0.2) is 8.78 Å². The number of hydrogen-bond donors (Lipinski definition) is 1. The average molecular weight is 326 g/mol. The Hall–Kier alpha value is -1.26. The van der Waals surface area contributed by atoms with E-state index in [1.807, 2.05) is 6.92 Å². The molecule has 0 amide bonds. The quantitative estimate of drug-likeness (QED) is 0.884. The Labute approximate surface area is 119 Å². The van der Waals surface area contributed by atoms with Gasteiger partial charge in [-0.05, 0) is 37.7 Å². The fourth-order valence-electron chi connectivity index (χ4n) is 2.10. The third-order valence-electron chi connectivity index (χ3n) is 3.02. The Morgan fingerprint density at radius 2 is 1.79 bits per heavy atom. The first-order chi connectivity index (χ1) is 9.02. The van der Waals surface area contributed by atoms with Crippen LogP contribution in [0.2, 0.25) is 0 Å². The van der Waals surface area contributed by atoms with E-state index in [2.05, 4.69) is 21.2 Å². The highest BCUT2D eigenvalue weighted by Gasteiger charge is 2.18. The number of halogens is 3. The van der Waals surface area contributed by atoms with Gasteiger partial charge in [0.25, 0.3) is 0 Å². The molecule has 0 aromatic heterocycles. The summed E-state index contributed by atoms with van der Waals surface area (Å²) >= 11 is 3.33. The lowest BCUT2D eigenvalue weighted by atomic mass is 9.97. The molecule has 1 N–H and O–H groups in total. The maximum atomic E-state index is 14.0. The molecule has 100 valence electrons. The van der Waals surface area contributed by atoms with Crippen molar-refractivity contribution in [1.82, 2.24) is 5.32 Å². The van der Waals surface area contributed by atoms with E-state index in [4.69, 9.17) is 0 Å². The summed E-state index contributed by atoms with van der Waals surface area (Å²) in [4.78, 5) is 0. The molecule has 0 spiro atoms. The van der Waals surface area contributed by atoms with E-state index in [1.54, 1.807) is 25.2 Å². The van der Waals surface area contributed by atoms with Crippen LogP contribution < -0.4 is 5.32 Å². The van der Waals surface area contributed by atoms with Crippen molar-refractivity contribution in [2.45, 2.75) is 13.0 Å². The van der Waals surface area contributed by atoms with Crippen LogP contribution in [-0.4, -0.2) is 7.05 Å².